The van der Waals surface area contributed by atoms with Gasteiger partial charge in [0.15, 0.2) is 0 Å². The molecule has 1 aliphatic heterocycles. The maximum Gasteiger partial charge on any atom is 0.494 e. The van der Waals surface area contributed by atoms with Crippen molar-refractivity contribution in [2.24, 2.45) is 0 Å². The first-order chi connectivity index (χ1) is 17.9. The van der Waals surface area contributed by atoms with E-state index < -0.39 is 0 Å². The van der Waals surface area contributed by atoms with Crippen LogP contribution in [0.1, 0.15) is 49.9 Å². The molecule has 5 rings (SSSR count). The van der Waals surface area contributed by atoms with Crippen molar-refractivity contribution in [3.63, 3.8) is 0 Å². The molecule has 0 N–H and O–H groups in total. The summed E-state index contributed by atoms with van der Waals surface area (Å²) in [5.41, 5.74) is 13.4. The molecule has 0 unspecified atom stereocenters. The Balaban J connectivity index is 1.39. The molecule has 0 atom stereocenters. The van der Waals surface area contributed by atoms with Gasteiger partial charge in [-0.15, -0.1) is 0 Å². The molecule has 1 saturated heterocycles. The van der Waals surface area contributed by atoms with Crippen molar-refractivity contribution >= 4 is 25.9 Å². The van der Waals surface area contributed by atoms with Gasteiger partial charge in [-0.3, -0.25) is 0 Å². The van der Waals surface area contributed by atoms with Gasteiger partial charge in [-0.05, 0) is 116 Å². The largest absolute Gasteiger partial charge is 0.494 e. The van der Waals surface area contributed by atoms with Crippen LogP contribution in [0.3, 0.4) is 0 Å². The molecule has 190 valence electrons. The van der Waals surface area contributed by atoms with E-state index in [1.165, 1.54) is 55.6 Å². The Labute approximate surface area is 230 Å². The Morgan fingerprint density at radius 3 is 1.21 bits per heavy atom. The smallest absolute Gasteiger partial charge is 0.399 e. The summed E-state index contributed by atoms with van der Waals surface area (Å²) in [5, 5.41) is 0. The predicted octanol–water partition coefficient (Wildman–Crippen LogP) is 7.01. The fourth-order valence-electron chi connectivity index (χ4n) is 5.68. The molecule has 2 nitrogen and oxygen atoms in total. The van der Waals surface area contributed by atoms with Gasteiger partial charge in [0.05, 0.1) is 11.2 Å². The van der Waals surface area contributed by atoms with Crippen LogP contribution in [0.5, 0.6) is 0 Å². The Bertz CT molecular complexity index is 1440. The van der Waals surface area contributed by atoms with Crippen molar-refractivity contribution in [2.75, 3.05) is 0 Å². The highest BCUT2D eigenvalue weighted by molar-refractivity contribution is 6.62. The Morgan fingerprint density at radius 1 is 0.526 bits per heavy atom. The van der Waals surface area contributed by atoms with E-state index in [-0.39, 0.29) is 18.3 Å². The summed E-state index contributed by atoms with van der Waals surface area (Å²) in [4.78, 5) is 0. The fraction of sp³-hybridized carbons (Fsp3) is 0.294. The number of aryl methyl sites for hydroxylation is 4. The Morgan fingerprint density at radius 2 is 0.842 bits per heavy atom. The molecular formula is C34H36B2O2. The van der Waals surface area contributed by atoms with Gasteiger partial charge in [-0.25, -0.2) is 0 Å². The van der Waals surface area contributed by atoms with Crippen LogP contribution in [0.15, 0.2) is 72.8 Å². The Kier molecular flexibility index (Phi) is 6.70. The summed E-state index contributed by atoms with van der Waals surface area (Å²) < 4.78 is 12.6. The summed E-state index contributed by atoms with van der Waals surface area (Å²) in [7, 11) is 5.67. The molecule has 4 aromatic rings. The minimum absolute atomic E-state index is 0.348. The molecule has 2 radical (unpaired) electrons. The lowest BCUT2D eigenvalue weighted by Crippen LogP contribution is -2.41. The van der Waals surface area contributed by atoms with Crippen LogP contribution < -0.4 is 10.9 Å². The molecule has 1 fully saturated rings. The third kappa shape index (κ3) is 4.77. The molecule has 4 aromatic carbocycles. The lowest BCUT2D eigenvalue weighted by molar-refractivity contribution is 0.00578. The van der Waals surface area contributed by atoms with E-state index >= 15 is 0 Å². The molecule has 38 heavy (non-hydrogen) atoms. The third-order valence-corrected chi connectivity index (χ3v) is 8.32. The zero-order chi connectivity index (χ0) is 27.4. The number of rotatable bonds is 4. The summed E-state index contributed by atoms with van der Waals surface area (Å²) in [6.45, 7) is 17.0. The lowest BCUT2D eigenvalue weighted by Gasteiger charge is -2.32. The highest BCUT2D eigenvalue weighted by atomic mass is 16.7. The summed E-state index contributed by atoms with van der Waals surface area (Å²) in [6, 6.07) is 26.2. The maximum atomic E-state index is 6.30. The highest BCUT2D eigenvalue weighted by Crippen LogP contribution is 2.37. The normalized spacial score (nSPS) is 16.2. The number of hydrogen-bond acceptors (Lipinski definition) is 2. The van der Waals surface area contributed by atoms with Crippen LogP contribution in [0.25, 0.3) is 33.4 Å². The second-order valence-corrected chi connectivity index (χ2v) is 11.8. The average molecular weight is 498 g/mol. The summed E-state index contributed by atoms with van der Waals surface area (Å²) >= 11 is 0. The summed E-state index contributed by atoms with van der Waals surface area (Å²) in [6.07, 6.45) is 0. The molecule has 0 bridgehead atoms. The minimum atomic E-state index is -0.349. The van der Waals surface area contributed by atoms with Gasteiger partial charge < -0.3 is 9.31 Å². The molecular weight excluding hydrogens is 462 g/mol. The van der Waals surface area contributed by atoms with E-state index in [1.54, 1.807) is 0 Å². The van der Waals surface area contributed by atoms with Crippen LogP contribution in [0.4, 0.5) is 0 Å². The van der Waals surface area contributed by atoms with Crippen LogP contribution >= 0.6 is 0 Å². The first-order valence-corrected chi connectivity index (χ1v) is 13.4. The van der Waals surface area contributed by atoms with Gasteiger partial charge >= 0.3 is 7.12 Å². The van der Waals surface area contributed by atoms with Crippen LogP contribution in [-0.4, -0.2) is 26.2 Å². The van der Waals surface area contributed by atoms with Crippen molar-refractivity contribution in [1.82, 2.24) is 0 Å². The van der Waals surface area contributed by atoms with Gasteiger partial charge in [0.2, 0.25) is 0 Å². The van der Waals surface area contributed by atoms with E-state index in [0.717, 1.165) is 10.9 Å². The van der Waals surface area contributed by atoms with Crippen molar-refractivity contribution in [1.29, 1.82) is 0 Å². The van der Waals surface area contributed by atoms with Crippen LogP contribution in [0.2, 0.25) is 0 Å². The fourth-order valence-corrected chi connectivity index (χ4v) is 5.68. The van der Waals surface area contributed by atoms with Crippen molar-refractivity contribution in [3.8, 4) is 33.4 Å². The maximum absolute atomic E-state index is 6.30. The Hall–Kier alpha value is -3.07. The van der Waals surface area contributed by atoms with E-state index in [2.05, 4.69) is 116 Å². The van der Waals surface area contributed by atoms with Crippen LogP contribution in [0, 0.1) is 27.7 Å². The van der Waals surface area contributed by atoms with E-state index in [0.29, 0.717) is 0 Å². The molecule has 0 aliphatic carbocycles. The first-order valence-electron chi connectivity index (χ1n) is 13.4. The van der Waals surface area contributed by atoms with E-state index in [9.17, 15) is 0 Å². The molecule has 0 aromatic heterocycles. The van der Waals surface area contributed by atoms with Gasteiger partial charge in [0.1, 0.15) is 7.85 Å². The minimum Gasteiger partial charge on any atom is -0.399 e. The van der Waals surface area contributed by atoms with Crippen molar-refractivity contribution in [3.05, 3.63) is 95.1 Å². The second kappa shape index (κ2) is 9.59. The topological polar surface area (TPSA) is 18.5 Å². The molecule has 0 amide bonds. The zero-order valence-corrected chi connectivity index (χ0v) is 23.9. The average Bonchev–Trinajstić information content (AvgIpc) is 3.05. The lowest BCUT2D eigenvalue weighted by atomic mass is 9.76. The van der Waals surface area contributed by atoms with E-state index in [4.69, 9.17) is 17.2 Å². The molecule has 1 aliphatic rings. The molecule has 0 spiro atoms. The van der Waals surface area contributed by atoms with Gasteiger partial charge in [0, 0.05) is 0 Å². The molecule has 4 heteroatoms. The number of benzene rings is 4. The van der Waals surface area contributed by atoms with Gasteiger partial charge in [-0.1, -0.05) is 78.3 Å². The van der Waals surface area contributed by atoms with E-state index in [1.807, 2.05) is 12.1 Å². The standard InChI is InChI=1S/C34H36B2O2/c1-21-17-29(35)18-22(2)31(21)27-13-9-25(10-14-27)26-11-15-28(16-12-26)32-23(3)19-30(20-24(32)4)36-37-33(5,6)34(7,8)38-36/h9-20H,1-8H3. The second-order valence-electron chi connectivity index (χ2n) is 11.8. The molecule has 0 saturated carbocycles. The third-order valence-electron chi connectivity index (χ3n) is 8.32. The predicted molar refractivity (Wildman–Crippen MR) is 163 cm³/mol. The van der Waals surface area contributed by atoms with Crippen molar-refractivity contribution in [2.45, 2.75) is 66.6 Å². The monoisotopic (exact) mass is 498 g/mol. The first kappa shape index (κ1) is 26.5. The number of hydrogen-bond donors (Lipinski definition) is 0. The van der Waals surface area contributed by atoms with Gasteiger partial charge in [-0.2, -0.15) is 0 Å². The molecule has 1 heterocycles. The van der Waals surface area contributed by atoms with Gasteiger partial charge in [0.25, 0.3) is 0 Å². The van der Waals surface area contributed by atoms with Crippen LogP contribution in [-0.2, 0) is 9.31 Å². The highest BCUT2D eigenvalue weighted by Gasteiger charge is 2.51. The zero-order valence-electron chi connectivity index (χ0n) is 23.9. The van der Waals surface area contributed by atoms with Crippen molar-refractivity contribution < 1.29 is 9.31 Å². The SMILES string of the molecule is [B]c1cc(C)c(-c2ccc(-c3ccc(-c4c(C)cc(B5OC(C)(C)C(C)(C)O5)cc4C)cc3)cc2)c(C)c1. The summed E-state index contributed by atoms with van der Waals surface area (Å²) in [5.74, 6) is 0. The quantitative estimate of drug-likeness (QED) is 0.282.